The summed E-state index contributed by atoms with van der Waals surface area (Å²) in [5.41, 5.74) is 5.82. The molecule has 2 aliphatic heterocycles. The second-order valence-electron chi connectivity index (χ2n) is 9.30. The van der Waals surface area contributed by atoms with Crippen LogP contribution in [0.25, 0.3) is 27.6 Å². The fraction of sp³-hybridized carbons (Fsp3) is 0.360. The minimum absolute atomic E-state index is 0.303. The van der Waals surface area contributed by atoms with Crippen molar-refractivity contribution in [2.45, 2.75) is 13.8 Å². The molecule has 5 heterocycles. The van der Waals surface area contributed by atoms with Gasteiger partial charge in [-0.25, -0.2) is 4.79 Å². The van der Waals surface area contributed by atoms with E-state index in [1.807, 2.05) is 48.8 Å². The number of rotatable bonds is 2. The highest BCUT2D eigenvalue weighted by Crippen LogP contribution is 2.34. The quantitative estimate of drug-likeness (QED) is 0.468. The number of aromatic nitrogens is 2. The van der Waals surface area contributed by atoms with Crippen LogP contribution in [-0.4, -0.2) is 47.5 Å². The monoisotopic (exact) mass is 414 g/mol. The van der Waals surface area contributed by atoms with Crippen molar-refractivity contribution in [1.82, 2.24) is 14.3 Å². The van der Waals surface area contributed by atoms with Gasteiger partial charge in [-0.2, -0.15) is 0 Å². The zero-order chi connectivity index (χ0) is 21.3. The molecule has 3 aromatic heterocycles. The summed E-state index contributed by atoms with van der Waals surface area (Å²) < 4.78 is 7.82. The molecule has 31 heavy (non-hydrogen) atoms. The molecule has 0 saturated carbocycles. The van der Waals surface area contributed by atoms with Crippen molar-refractivity contribution < 1.29 is 4.42 Å². The van der Waals surface area contributed by atoms with Crippen molar-refractivity contribution in [3.05, 3.63) is 64.5 Å². The van der Waals surface area contributed by atoms with Crippen LogP contribution >= 0.6 is 0 Å². The molecule has 0 radical (unpaired) electrons. The van der Waals surface area contributed by atoms with Crippen LogP contribution in [-0.2, 0) is 0 Å². The average molecular weight is 415 g/mol. The average Bonchev–Trinajstić information content (AvgIpc) is 3.39. The molecular weight excluding hydrogens is 388 g/mol. The molecular formula is C25H26N4O2. The van der Waals surface area contributed by atoms with E-state index in [0.717, 1.165) is 58.5 Å². The van der Waals surface area contributed by atoms with Crippen LogP contribution in [0.1, 0.15) is 11.4 Å². The highest BCUT2D eigenvalue weighted by atomic mass is 16.4. The normalized spacial score (nSPS) is 21.5. The number of benzene rings is 1. The maximum atomic E-state index is 12.9. The lowest BCUT2D eigenvalue weighted by Crippen LogP contribution is -2.26. The summed E-state index contributed by atoms with van der Waals surface area (Å²) in [6, 6.07) is 10.2. The Balaban J connectivity index is 1.36. The summed E-state index contributed by atoms with van der Waals surface area (Å²) in [6.07, 6.45) is 3.95. The third-order valence-corrected chi connectivity index (χ3v) is 6.95. The van der Waals surface area contributed by atoms with Crippen LogP contribution in [0, 0.1) is 25.7 Å². The van der Waals surface area contributed by atoms with E-state index < -0.39 is 0 Å². The van der Waals surface area contributed by atoms with E-state index in [1.54, 1.807) is 0 Å². The molecule has 2 fully saturated rings. The van der Waals surface area contributed by atoms with Gasteiger partial charge in [0.05, 0.1) is 22.5 Å². The van der Waals surface area contributed by atoms with E-state index >= 15 is 0 Å². The lowest BCUT2D eigenvalue weighted by molar-refractivity contribution is 0.387. The molecule has 6 rings (SSSR count). The van der Waals surface area contributed by atoms with Crippen LogP contribution in [0.15, 0.2) is 51.9 Å². The lowest BCUT2D eigenvalue weighted by atomic mass is 10.0. The van der Waals surface area contributed by atoms with E-state index in [0.29, 0.717) is 11.1 Å². The Morgan fingerprint density at radius 2 is 1.77 bits per heavy atom. The van der Waals surface area contributed by atoms with Crippen LogP contribution in [0.3, 0.4) is 0 Å². The van der Waals surface area contributed by atoms with E-state index in [1.165, 1.54) is 13.1 Å². The number of hydrogen-bond acceptors (Lipinski definition) is 5. The van der Waals surface area contributed by atoms with Gasteiger partial charge in [0.25, 0.3) is 0 Å². The number of likely N-dealkylation sites (tertiary alicyclic amines) is 1. The Labute approximate surface area is 180 Å². The van der Waals surface area contributed by atoms with E-state index in [9.17, 15) is 4.79 Å². The van der Waals surface area contributed by atoms with Gasteiger partial charge in [-0.05, 0) is 57.0 Å². The minimum Gasteiger partial charge on any atom is -0.422 e. The van der Waals surface area contributed by atoms with Crippen molar-refractivity contribution in [3.63, 3.8) is 0 Å². The summed E-state index contributed by atoms with van der Waals surface area (Å²) in [5.74, 6) is 1.47. The first-order valence-corrected chi connectivity index (χ1v) is 10.9. The molecule has 2 atom stereocenters. The van der Waals surface area contributed by atoms with Gasteiger partial charge in [-0.3, -0.25) is 4.98 Å². The highest BCUT2D eigenvalue weighted by molar-refractivity contribution is 5.85. The molecule has 6 nitrogen and oxygen atoms in total. The van der Waals surface area contributed by atoms with E-state index in [2.05, 4.69) is 34.0 Å². The van der Waals surface area contributed by atoms with Gasteiger partial charge in [0.15, 0.2) is 0 Å². The third-order valence-electron chi connectivity index (χ3n) is 6.95. The molecule has 0 aliphatic carbocycles. The molecule has 0 spiro atoms. The molecule has 2 aliphatic rings. The molecule has 0 N–H and O–H groups in total. The highest BCUT2D eigenvalue weighted by Gasteiger charge is 2.38. The minimum atomic E-state index is -0.303. The first-order chi connectivity index (χ1) is 14.9. The van der Waals surface area contributed by atoms with Gasteiger partial charge in [-0.1, -0.05) is 0 Å². The zero-order valence-corrected chi connectivity index (χ0v) is 18.1. The maximum absolute atomic E-state index is 12.9. The number of nitrogens with zero attached hydrogens (tertiary/aromatic N) is 4. The Hall–Kier alpha value is -3.12. The van der Waals surface area contributed by atoms with E-state index in [-0.39, 0.29) is 5.63 Å². The molecule has 1 aromatic carbocycles. The van der Waals surface area contributed by atoms with Crippen molar-refractivity contribution in [2.24, 2.45) is 11.8 Å². The number of fused-ring (bicyclic) bond motifs is 3. The van der Waals surface area contributed by atoms with Crippen LogP contribution < -0.4 is 10.5 Å². The molecule has 158 valence electrons. The molecule has 2 unspecified atom stereocenters. The van der Waals surface area contributed by atoms with Crippen LogP contribution in [0.4, 0.5) is 5.69 Å². The number of anilines is 1. The lowest BCUT2D eigenvalue weighted by Gasteiger charge is -2.21. The first-order valence-electron chi connectivity index (χ1n) is 10.9. The van der Waals surface area contributed by atoms with Crippen molar-refractivity contribution >= 4 is 22.2 Å². The topological polar surface area (TPSA) is 54.0 Å². The Bertz CT molecular complexity index is 1370. The van der Waals surface area contributed by atoms with Crippen LogP contribution in [0.5, 0.6) is 0 Å². The molecule has 2 saturated heterocycles. The van der Waals surface area contributed by atoms with Crippen molar-refractivity contribution in [2.75, 3.05) is 38.1 Å². The molecule has 0 bridgehead atoms. The molecule has 4 aromatic rings. The van der Waals surface area contributed by atoms with Crippen molar-refractivity contribution in [1.29, 1.82) is 0 Å². The van der Waals surface area contributed by atoms with Gasteiger partial charge >= 0.3 is 5.63 Å². The van der Waals surface area contributed by atoms with Gasteiger partial charge in [-0.15, -0.1) is 0 Å². The predicted octanol–water partition coefficient (Wildman–Crippen LogP) is 3.72. The fourth-order valence-corrected chi connectivity index (χ4v) is 5.51. The number of hydrogen-bond donors (Lipinski definition) is 0. The fourth-order valence-electron chi connectivity index (χ4n) is 5.51. The maximum Gasteiger partial charge on any atom is 0.344 e. The molecule has 6 heteroatoms. The zero-order valence-electron chi connectivity index (χ0n) is 18.1. The first kappa shape index (κ1) is 18.6. The van der Waals surface area contributed by atoms with Crippen LogP contribution in [0.2, 0.25) is 0 Å². The Kier molecular flexibility index (Phi) is 4.02. The molecule has 0 amide bonds. The predicted molar refractivity (Wildman–Crippen MR) is 123 cm³/mol. The van der Waals surface area contributed by atoms with E-state index in [4.69, 9.17) is 4.42 Å². The van der Waals surface area contributed by atoms with Crippen molar-refractivity contribution in [3.8, 4) is 11.1 Å². The smallest absolute Gasteiger partial charge is 0.344 e. The van der Waals surface area contributed by atoms with Gasteiger partial charge in [0.1, 0.15) is 5.58 Å². The second-order valence-corrected chi connectivity index (χ2v) is 9.30. The SMILES string of the molecule is Cc1cn2cc(-c3cc4ccc(N5CC6CN(C)CC6C5)cc4oc3=O)cc2c(C)n1. The van der Waals surface area contributed by atoms with Gasteiger partial charge in [0, 0.05) is 61.3 Å². The second kappa shape index (κ2) is 6.69. The third kappa shape index (κ3) is 3.05. The van der Waals surface area contributed by atoms with Gasteiger partial charge in [0.2, 0.25) is 0 Å². The standard InChI is InChI=1S/C25H26N4O2/c1-15-9-29-12-18(7-23(29)16(2)26-15)22-6-17-4-5-21(8-24(17)31-25(22)30)28-13-19-10-27(3)11-20(19)14-28/h4-9,12,19-20H,10-11,13-14H2,1-3H3. The summed E-state index contributed by atoms with van der Waals surface area (Å²) in [4.78, 5) is 22.3. The summed E-state index contributed by atoms with van der Waals surface area (Å²) in [5, 5.41) is 0.943. The Morgan fingerprint density at radius 3 is 2.55 bits per heavy atom. The van der Waals surface area contributed by atoms with Gasteiger partial charge < -0.3 is 18.6 Å². The summed E-state index contributed by atoms with van der Waals surface area (Å²) in [7, 11) is 2.21. The Morgan fingerprint density at radius 1 is 1.00 bits per heavy atom. The number of aryl methyl sites for hydroxylation is 2. The largest absolute Gasteiger partial charge is 0.422 e. The summed E-state index contributed by atoms with van der Waals surface area (Å²) in [6.45, 7) is 8.46. The summed E-state index contributed by atoms with van der Waals surface area (Å²) >= 11 is 0.